The zero-order valence-electron chi connectivity index (χ0n) is 10.9. The van der Waals surface area contributed by atoms with E-state index in [1.165, 1.54) is 5.56 Å². The van der Waals surface area contributed by atoms with Crippen molar-refractivity contribution < 1.29 is 4.74 Å². The second-order valence-corrected chi connectivity index (χ2v) is 4.81. The molecule has 0 amide bonds. The number of hydrogen-bond donors (Lipinski definition) is 0. The average molecular weight is 263 g/mol. The van der Waals surface area contributed by atoms with Crippen LogP contribution in [-0.4, -0.2) is 15.0 Å². The van der Waals surface area contributed by atoms with Crippen LogP contribution in [0.4, 0.5) is 0 Å². The Kier molecular flexibility index (Phi) is 2.52. The van der Waals surface area contributed by atoms with Crippen molar-refractivity contribution in [2.24, 2.45) is 0 Å². The third-order valence-electron chi connectivity index (χ3n) is 3.49. The molecule has 0 bridgehead atoms. The summed E-state index contributed by atoms with van der Waals surface area (Å²) in [4.78, 5) is 0. The maximum atomic E-state index is 5.70. The van der Waals surface area contributed by atoms with Gasteiger partial charge in [-0.2, -0.15) is 0 Å². The lowest BCUT2D eigenvalue weighted by Crippen LogP contribution is -2.09. The lowest BCUT2D eigenvalue weighted by Gasteiger charge is -2.17. The van der Waals surface area contributed by atoms with Crippen molar-refractivity contribution in [2.45, 2.75) is 13.2 Å². The molecule has 2 heterocycles. The molecule has 0 spiro atoms. The van der Waals surface area contributed by atoms with Crippen LogP contribution in [0.2, 0.25) is 0 Å². The number of ether oxygens (including phenoxy) is 1. The number of rotatable bonds is 2. The Labute approximate surface area is 116 Å². The van der Waals surface area contributed by atoms with Gasteiger partial charge in [0.25, 0.3) is 0 Å². The molecule has 0 radical (unpaired) electrons. The summed E-state index contributed by atoms with van der Waals surface area (Å²) in [5.74, 6) is 0.900. The van der Waals surface area contributed by atoms with E-state index in [0.717, 1.165) is 29.2 Å². The molecule has 98 valence electrons. The first-order chi connectivity index (χ1) is 9.92. The van der Waals surface area contributed by atoms with E-state index in [1.54, 1.807) is 0 Å². The molecule has 0 atom stereocenters. The number of para-hydroxylation sites is 1. The second kappa shape index (κ2) is 4.49. The molecule has 4 heteroatoms. The average Bonchev–Trinajstić information content (AvgIpc) is 2.92. The first-order valence-electron chi connectivity index (χ1n) is 6.60. The molecule has 4 rings (SSSR count). The molecule has 1 aromatic heterocycles. The fraction of sp³-hybridized carbons (Fsp3) is 0.125. The highest BCUT2D eigenvalue weighted by molar-refractivity contribution is 5.70. The van der Waals surface area contributed by atoms with Gasteiger partial charge in [0.05, 0.1) is 12.2 Å². The molecule has 1 aliphatic rings. The Morgan fingerprint density at radius 2 is 1.80 bits per heavy atom. The predicted molar refractivity (Wildman–Crippen MR) is 75.3 cm³/mol. The molecule has 0 unspecified atom stereocenters. The third-order valence-corrected chi connectivity index (χ3v) is 3.49. The Balaban J connectivity index is 1.80. The van der Waals surface area contributed by atoms with Gasteiger partial charge in [-0.3, -0.25) is 0 Å². The summed E-state index contributed by atoms with van der Waals surface area (Å²) in [6.07, 6.45) is 0. The minimum absolute atomic E-state index is 0.487. The number of fused-ring (bicyclic) bond motifs is 3. The molecule has 20 heavy (non-hydrogen) atoms. The standard InChI is InChI=1S/C16H13N3O/c1-2-6-12(7-3-1)10-19-16-13-8-4-5-9-15(13)20-11-14(16)17-18-19/h1-9H,10-11H2. The van der Waals surface area contributed by atoms with E-state index >= 15 is 0 Å². The second-order valence-electron chi connectivity index (χ2n) is 4.81. The van der Waals surface area contributed by atoms with Crippen LogP contribution in [0, 0.1) is 0 Å². The van der Waals surface area contributed by atoms with Crippen LogP contribution in [0.25, 0.3) is 11.3 Å². The van der Waals surface area contributed by atoms with Gasteiger partial charge >= 0.3 is 0 Å². The number of hydrogen-bond acceptors (Lipinski definition) is 3. The molecule has 3 aromatic rings. The Hall–Kier alpha value is -2.62. The Bertz CT molecular complexity index is 749. The first-order valence-corrected chi connectivity index (χ1v) is 6.60. The van der Waals surface area contributed by atoms with Gasteiger partial charge in [-0.05, 0) is 17.7 Å². The minimum Gasteiger partial charge on any atom is -0.486 e. The van der Waals surface area contributed by atoms with Crippen molar-refractivity contribution in [1.82, 2.24) is 15.0 Å². The quantitative estimate of drug-likeness (QED) is 0.713. The highest BCUT2D eigenvalue weighted by Gasteiger charge is 2.23. The molecule has 2 aromatic carbocycles. The molecular formula is C16H13N3O. The maximum absolute atomic E-state index is 5.70. The number of benzene rings is 2. The normalized spacial score (nSPS) is 12.4. The largest absolute Gasteiger partial charge is 0.486 e. The summed E-state index contributed by atoms with van der Waals surface area (Å²) >= 11 is 0. The summed E-state index contributed by atoms with van der Waals surface area (Å²) in [6, 6.07) is 18.3. The van der Waals surface area contributed by atoms with E-state index in [1.807, 2.05) is 41.1 Å². The van der Waals surface area contributed by atoms with Crippen LogP contribution in [0.5, 0.6) is 5.75 Å². The van der Waals surface area contributed by atoms with E-state index in [0.29, 0.717) is 6.61 Å². The van der Waals surface area contributed by atoms with Crippen molar-refractivity contribution in [2.75, 3.05) is 0 Å². The smallest absolute Gasteiger partial charge is 0.134 e. The van der Waals surface area contributed by atoms with Crippen LogP contribution in [-0.2, 0) is 13.2 Å². The summed E-state index contributed by atoms with van der Waals surface area (Å²) in [5.41, 5.74) is 4.24. The van der Waals surface area contributed by atoms with Gasteiger partial charge < -0.3 is 4.74 Å². The Morgan fingerprint density at radius 1 is 1.00 bits per heavy atom. The van der Waals surface area contributed by atoms with Crippen molar-refractivity contribution >= 4 is 0 Å². The Morgan fingerprint density at radius 3 is 2.70 bits per heavy atom. The summed E-state index contributed by atoms with van der Waals surface area (Å²) in [5, 5.41) is 8.52. The maximum Gasteiger partial charge on any atom is 0.134 e. The molecule has 0 N–H and O–H groups in total. The first kappa shape index (κ1) is 11.2. The zero-order valence-corrected chi connectivity index (χ0v) is 10.9. The fourth-order valence-corrected chi connectivity index (χ4v) is 2.54. The summed E-state index contributed by atoms with van der Waals surface area (Å²) in [6.45, 7) is 1.21. The van der Waals surface area contributed by atoms with Gasteiger partial charge in [0.2, 0.25) is 0 Å². The summed E-state index contributed by atoms with van der Waals surface area (Å²) in [7, 11) is 0. The van der Waals surface area contributed by atoms with Crippen LogP contribution >= 0.6 is 0 Å². The van der Waals surface area contributed by atoms with Crippen molar-refractivity contribution in [3.8, 4) is 17.0 Å². The zero-order chi connectivity index (χ0) is 13.4. The van der Waals surface area contributed by atoms with Crippen LogP contribution in [0.15, 0.2) is 54.6 Å². The molecule has 0 fully saturated rings. The van der Waals surface area contributed by atoms with Gasteiger partial charge in [-0.25, -0.2) is 4.68 Å². The van der Waals surface area contributed by atoms with Gasteiger partial charge in [0.1, 0.15) is 18.1 Å². The summed E-state index contributed by atoms with van der Waals surface area (Å²) < 4.78 is 7.65. The number of aromatic nitrogens is 3. The van der Waals surface area contributed by atoms with Gasteiger partial charge in [0.15, 0.2) is 0 Å². The highest BCUT2D eigenvalue weighted by atomic mass is 16.5. The molecular weight excluding hydrogens is 250 g/mol. The van der Waals surface area contributed by atoms with Gasteiger partial charge in [-0.1, -0.05) is 47.7 Å². The third kappa shape index (κ3) is 1.77. The monoisotopic (exact) mass is 263 g/mol. The lowest BCUT2D eigenvalue weighted by molar-refractivity contribution is 0.297. The highest BCUT2D eigenvalue weighted by Crippen LogP contribution is 2.36. The van der Waals surface area contributed by atoms with Crippen LogP contribution in [0.1, 0.15) is 11.3 Å². The molecule has 0 aliphatic carbocycles. The molecule has 0 saturated heterocycles. The molecule has 1 aliphatic heterocycles. The SMILES string of the molecule is c1ccc(Cn2nnc3c2-c2ccccc2OC3)cc1. The van der Waals surface area contributed by atoms with E-state index in [9.17, 15) is 0 Å². The van der Waals surface area contributed by atoms with E-state index in [4.69, 9.17) is 4.74 Å². The van der Waals surface area contributed by atoms with E-state index < -0.39 is 0 Å². The van der Waals surface area contributed by atoms with Crippen molar-refractivity contribution in [3.63, 3.8) is 0 Å². The van der Waals surface area contributed by atoms with Gasteiger partial charge in [-0.15, -0.1) is 5.10 Å². The van der Waals surface area contributed by atoms with Crippen LogP contribution in [0.3, 0.4) is 0 Å². The van der Waals surface area contributed by atoms with Crippen molar-refractivity contribution in [1.29, 1.82) is 0 Å². The van der Waals surface area contributed by atoms with Crippen LogP contribution < -0.4 is 4.74 Å². The minimum atomic E-state index is 0.487. The number of nitrogens with zero attached hydrogens (tertiary/aromatic N) is 3. The van der Waals surface area contributed by atoms with Gasteiger partial charge in [0, 0.05) is 5.56 Å². The molecule has 0 saturated carbocycles. The fourth-order valence-electron chi connectivity index (χ4n) is 2.54. The molecule has 4 nitrogen and oxygen atoms in total. The topological polar surface area (TPSA) is 39.9 Å². The van der Waals surface area contributed by atoms with Crippen molar-refractivity contribution in [3.05, 3.63) is 65.9 Å². The lowest BCUT2D eigenvalue weighted by atomic mass is 10.1. The van der Waals surface area contributed by atoms with E-state index in [2.05, 4.69) is 28.5 Å². The predicted octanol–water partition coefficient (Wildman–Crippen LogP) is 2.89. The van der Waals surface area contributed by atoms with E-state index in [-0.39, 0.29) is 0 Å².